The zero-order valence-electron chi connectivity index (χ0n) is 23.3. The van der Waals surface area contributed by atoms with Crippen molar-refractivity contribution in [3.63, 3.8) is 0 Å². The maximum atomic E-state index is 13.6. The Bertz CT molecular complexity index is 1300. The van der Waals surface area contributed by atoms with Crippen molar-refractivity contribution in [2.45, 2.75) is 44.9 Å². The van der Waals surface area contributed by atoms with E-state index in [1.165, 1.54) is 0 Å². The largest absolute Gasteiger partial charge is 0.494 e. The van der Waals surface area contributed by atoms with E-state index in [2.05, 4.69) is 42.5 Å². The van der Waals surface area contributed by atoms with Crippen molar-refractivity contribution in [3.8, 4) is 5.75 Å². The van der Waals surface area contributed by atoms with Gasteiger partial charge < -0.3 is 20.5 Å². The van der Waals surface area contributed by atoms with E-state index in [1.807, 2.05) is 55.5 Å². The molecule has 0 saturated carbocycles. The molecule has 1 heterocycles. The maximum absolute atomic E-state index is 13.6. The molecule has 0 unspecified atom stereocenters. The zero-order valence-corrected chi connectivity index (χ0v) is 28.1. The Morgan fingerprint density at radius 3 is 2.40 bits per heavy atom. The van der Waals surface area contributed by atoms with Gasteiger partial charge in [-0.25, -0.2) is 0 Å². The van der Waals surface area contributed by atoms with Crippen LogP contribution in [0, 0.1) is 0 Å². The Hall–Kier alpha value is -1.83. The third-order valence-electron chi connectivity index (χ3n) is 6.82. The van der Waals surface area contributed by atoms with Crippen LogP contribution in [0.15, 0.2) is 75.7 Å². The second kappa shape index (κ2) is 16.3. The minimum absolute atomic E-state index is 0. The van der Waals surface area contributed by atoms with Gasteiger partial charge in [0.25, 0.3) is 5.91 Å². The molecule has 0 radical (unpaired) electrons. The van der Waals surface area contributed by atoms with E-state index in [0.717, 1.165) is 32.9 Å². The molecule has 0 aliphatic carbocycles. The molecule has 5 N–H and O–H groups in total. The Labute approximate surface area is 272 Å². The summed E-state index contributed by atoms with van der Waals surface area (Å²) < 4.78 is 30.6. The number of benzene rings is 3. The van der Waals surface area contributed by atoms with Gasteiger partial charge in [-0.15, -0.1) is 23.2 Å². The van der Waals surface area contributed by atoms with Crippen molar-refractivity contribution >= 4 is 66.6 Å². The molecule has 4 rings (SSSR count). The van der Waals surface area contributed by atoms with E-state index in [9.17, 15) is 19.0 Å². The van der Waals surface area contributed by atoms with Crippen LogP contribution in [0.3, 0.4) is 0 Å². The average Bonchev–Trinajstić information content (AvgIpc) is 2.92. The third kappa shape index (κ3) is 9.85. The van der Waals surface area contributed by atoms with Crippen molar-refractivity contribution in [1.29, 1.82) is 0 Å². The normalized spacial score (nSPS) is 16.6. The number of hydrogen-bond acceptors (Lipinski definition) is 7. The standard InChI is InChI=1S/C30H37Br2N3O5S.ClH/c1-2-40-27-16-23(15-26(18-27)35-10-6-7-11-41(35,38)39)30(37)34-28(14-21-8-4-3-5-9-21)29(36)20-33-19-22-12-24(31)17-25(32)13-22;/h3-5,8-9,12-13,15-18,28-29,33,36,38-39H,2,6-7,10-11,14,19-20H2,1H3,(H,34,37);1H/t28-,29+;/m0./s1. The number of aliphatic hydroxyl groups is 1. The number of halogens is 3. The highest BCUT2D eigenvalue weighted by Crippen LogP contribution is 2.50. The fourth-order valence-corrected chi connectivity index (χ4v) is 7.90. The molecule has 0 spiro atoms. The number of carbonyl (C=O) groups excluding carboxylic acids is 1. The monoisotopic (exact) mass is 745 g/mol. The zero-order chi connectivity index (χ0) is 29.4. The molecule has 3 aromatic rings. The van der Waals surface area contributed by atoms with Crippen LogP contribution in [0.4, 0.5) is 5.69 Å². The minimum Gasteiger partial charge on any atom is -0.494 e. The molecule has 0 aromatic heterocycles. The van der Waals surface area contributed by atoms with Gasteiger partial charge in [-0.2, -0.15) is 0 Å². The van der Waals surface area contributed by atoms with E-state index >= 15 is 0 Å². The molecule has 1 aliphatic rings. The van der Waals surface area contributed by atoms with Crippen molar-refractivity contribution < 1.29 is 23.7 Å². The quantitative estimate of drug-likeness (QED) is 0.139. The van der Waals surface area contributed by atoms with Gasteiger partial charge in [0.1, 0.15) is 5.75 Å². The van der Waals surface area contributed by atoms with Crippen LogP contribution in [0.1, 0.15) is 41.3 Å². The number of ether oxygens (including phenoxy) is 1. The summed E-state index contributed by atoms with van der Waals surface area (Å²) in [7, 11) is -2.97. The molecule has 1 amide bonds. The molecule has 3 aromatic carbocycles. The SMILES string of the molecule is CCOc1cc(C(=O)N[C@@H](Cc2ccccc2)[C@H](O)CNCc2cc(Br)cc(Br)c2)cc(N2CCCCS2(O)O)c1.Cl. The lowest BCUT2D eigenvalue weighted by molar-refractivity contribution is 0.0829. The Morgan fingerprint density at radius 2 is 1.74 bits per heavy atom. The summed E-state index contributed by atoms with van der Waals surface area (Å²) in [6.07, 6.45) is 1.12. The highest BCUT2D eigenvalue weighted by atomic mass is 79.9. The number of carbonyl (C=O) groups is 1. The first kappa shape index (κ1) is 34.7. The number of aliphatic hydroxyl groups excluding tert-OH is 1. The molecule has 0 bridgehead atoms. The summed E-state index contributed by atoms with van der Waals surface area (Å²) >= 11 is 7.00. The van der Waals surface area contributed by atoms with Gasteiger partial charge in [0, 0.05) is 40.2 Å². The summed E-state index contributed by atoms with van der Waals surface area (Å²) in [4.78, 5) is 13.6. The number of nitrogens with zero attached hydrogens (tertiary/aromatic N) is 1. The number of amides is 1. The number of rotatable bonds is 12. The Morgan fingerprint density at radius 1 is 1.02 bits per heavy atom. The molecule has 2 atom stereocenters. The van der Waals surface area contributed by atoms with Gasteiger partial charge in [-0.1, -0.05) is 62.2 Å². The highest BCUT2D eigenvalue weighted by molar-refractivity contribution is 9.11. The van der Waals surface area contributed by atoms with Crippen LogP contribution in [0.2, 0.25) is 0 Å². The van der Waals surface area contributed by atoms with Crippen LogP contribution in [0.5, 0.6) is 5.75 Å². The fraction of sp³-hybridized carbons (Fsp3) is 0.367. The van der Waals surface area contributed by atoms with E-state index < -0.39 is 22.9 Å². The lowest BCUT2D eigenvalue weighted by atomic mass is 10.00. The Kier molecular flexibility index (Phi) is 13.5. The van der Waals surface area contributed by atoms with Crippen LogP contribution in [0.25, 0.3) is 0 Å². The number of hydrogen-bond donors (Lipinski definition) is 5. The summed E-state index contributed by atoms with van der Waals surface area (Å²) in [6, 6.07) is 20.2. The van der Waals surface area contributed by atoms with Crippen LogP contribution < -0.4 is 19.7 Å². The average molecular weight is 748 g/mol. The van der Waals surface area contributed by atoms with Gasteiger partial charge in [-0.3, -0.25) is 18.2 Å². The first-order chi connectivity index (χ1) is 19.6. The van der Waals surface area contributed by atoms with E-state index in [-0.39, 0.29) is 24.9 Å². The molecular weight excluding hydrogens is 710 g/mol. The molecular formula is C30H38Br2ClN3O5S. The lowest BCUT2D eigenvalue weighted by Crippen LogP contribution is -2.48. The van der Waals surface area contributed by atoms with Gasteiger partial charge in [0.05, 0.1) is 30.2 Å². The lowest BCUT2D eigenvalue weighted by Gasteiger charge is -2.47. The van der Waals surface area contributed by atoms with E-state index in [4.69, 9.17) is 4.74 Å². The van der Waals surface area contributed by atoms with Crippen LogP contribution in [-0.4, -0.2) is 57.7 Å². The minimum atomic E-state index is -2.97. The second-order valence-electron chi connectivity index (χ2n) is 10.0. The number of anilines is 1. The van der Waals surface area contributed by atoms with Gasteiger partial charge in [0.2, 0.25) is 0 Å². The summed E-state index contributed by atoms with van der Waals surface area (Å²) in [5.74, 6) is 0.387. The molecule has 1 fully saturated rings. The van der Waals surface area contributed by atoms with E-state index in [0.29, 0.717) is 48.9 Å². The van der Waals surface area contributed by atoms with Crippen LogP contribution in [-0.2, 0) is 13.0 Å². The smallest absolute Gasteiger partial charge is 0.251 e. The van der Waals surface area contributed by atoms with Crippen molar-refractivity contribution in [2.24, 2.45) is 0 Å². The van der Waals surface area contributed by atoms with Gasteiger partial charge in [0.15, 0.2) is 0 Å². The topological polar surface area (TPSA) is 114 Å². The van der Waals surface area contributed by atoms with Crippen LogP contribution >= 0.6 is 55.0 Å². The molecule has 12 heteroatoms. The molecule has 42 heavy (non-hydrogen) atoms. The molecule has 1 saturated heterocycles. The first-order valence-corrected chi connectivity index (χ1v) is 16.9. The number of nitrogens with one attached hydrogen (secondary N) is 2. The fourth-order valence-electron chi connectivity index (χ4n) is 4.84. The van der Waals surface area contributed by atoms with E-state index in [1.54, 1.807) is 22.5 Å². The predicted octanol–water partition coefficient (Wildman–Crippen LogP) is 6.79. The van der Waals surface area contributed by atoms with Gasteiger partial charge in [-0.05, 0) is 67.6 Å². The molecule has 230 valence electrons. The Balaban J connectivity index is 0.00000484. The van der Waals surface area contributed by atoms with Crippen molar-refractivity contribution in [3.05, 3.63) is 92.4 Å². The summed E-state index contributed by atoms with van der Waals surface area (Å²) in [5, 5.41) is 17.6. The van der Waals surface area contributed by atoms with Crippen molar-refractivity contribution in [1.82, 2.24) is 10.6 Å². The van der Waals surface area contributed by atoms with Gasteiger partial charge >= 0.3 is 0 Å². The summed E-state index contributed by atoms with van der Waals surface area (Å²) in [6.45, 7) is 3.54. The maximum Gasteiger partial charge on any atom is 0.251 e. The predicted molar refractivity (Wildman–Crippen MR) is 180 cm³/mol. The third-order valence-corrected chi connectivity index (χ3v) is 9.67. The molecule has 8 nitrogen and oxygen atoms in total. The molecule has 1 aliphatic heterocycles. The summed E-state index contributed by atoms with van der Waals surface area (Å²) in [5.41, 5.74) is 2.89. The highest BCUT2D eigenvalue weighted by Gasteiger charge is 2.29. The van der Waals surface area contributed by atoms with Crippen molar-refractivity contribution in [2.75, 3.05) is 29.8 Å². The first-order valence-electron chi connectivity index (χ1n) is 13.6. The second-order valence-corrected chi connectivity index (χ2v) is 14.0.